The van der Waals surface area contributed by atoms with Crippen molar-refractivity contribution < 1.29 is 42.3 Å². The molecule has 4 fully saturated rings. The molecule has 2 atom stereocenters. The van der Waals surface area contributed by atoms with Crippen LogP contribution in [0.1, 0.15) is 78.9 Å². The quantitative estimate of drug-likeness (QED) is 0.0773. The number of fused-ring (bicyclic) bond motifs is 2. The van der Waals surface area contributed by atoms with E-state index in [1.54, 1.807) is 48.8 Å². The number of anilines is 1. The maximum absolute atomic E-state index is 13.6. The molecule has 0 spiro atoms. The van der Waals surface area contributed by atoms with Crippen LogP contribution in [-0.4, -0.2) is 108 Å². The van der Waals surface area contributed by atoms with Crippen LogP contribution < -0.4 is 5.32 Å². The van der Waals surface area contributed by atoms with Gasteiger partial charge in [0.15, 0.2) is 10.8 Å². The number of nitrogens with one attached hydrogen (secondary N) is 1. The zero-order valence-electron chi connectivity index (χ0n) is 35.7. The molecule has 0 saturated heterocycles. The van der Waals surface area contributed by atoms with E-state index in [-0.39, 0.29) is 47.5 Å². The molecule has 0 radical (unpaired) electrons. The third kappa shape index (κ3) is 8.52. The smallest absolute Gasteiger partial charge is 0.355 e. The highest BCUT2D eigenvalue weighted by Gasteiger charge is 2.66. The fourth-order valence-electron chi connectivity index (χ4n) is 12.0. The number of carbonyl (C=O) groups excluding carboxylic acids is 2. The van der Waals surface area contributed by atoms with Crippen LogP contribution in [0.3, 0.4) is 0 Å². The van der Waals surface area contributed by atoms with Gasteiger partial charge in [0.05, 0.1) is 51.1 Å². The molecule has 64 heavy (non-hydrogen) atoms. The number of rotatable bonds is 15. The van der Waals surface area contributed by atoms with Crippen LogP contribution in [0.4, 0.5) is 5.13 Å². The van der Waals surface area contributed by atoms with Gasteiger partial charge in [-0.15, -0.1) is 0 Å². The van der Waals surface area contributed by atoms with Crippen molar-refractivity contribution in [3.8, 4) is 22.4 Å². The van der Waals surface area contributed by atoms with Gasteiger partial charge in [0.2, 0.25) is 5.91 Å². The first-order valence-electron chi connectivity index (χ1n) is 21.2. The van der Waals surface area contributed by atoms with Crippen molar-refractivity contribution in [2.75, 3.05) is 37.4 Å². The SMILES string of the molecule is Cc1c(-c2ccc(-c3ccc4nccc(C(=O)Nc5nc6ccccc6s5)c4c3)nc2C(=O)O)cnn1CC12CC3(C)CC(C)(C1)CC(OCCN(CCS(=O)(=O)O)C(=O)CO)(C3)C2. The Morgan fingerprint density at radius 2 is 1.69 bits per heavy atom. The Bertz CT molecular complexity index is 2920. The number of aromatic carboxylic acids is 1. The van der Waals surface area contributed by atoms with Gasteiger partial charge in [-0.3, -0.25) is 29.1 Å². The normalized spacial score (nSPS) is 23.8. The maximum Gasteiger partial charge on any atom is 0.355 e. The van der Waals surface area contributed by atoms with Gasteiger partial charge in [-0.2, -0.15) is 13.5 Å². The molecule has 4 N–H and O–H groups in total. The Kier molecular flexibility index (Phi) is 11.0. The summed E-state index contributed by atoms with van der Waals surface area (Å²) in [5.74, 6) is -2.82. The predicted molar refractivity (Wildman–Crippen MR) is 241 cm³/mol. The molecule has 0 aliphatic heterocycles. The highest BCUT2D eigenvalue weighted by molar-refractivity contribution is 7.85. The van der Waals surface area contributed by atoms with Gasteiger partial charge < -0.3 is 19.8 Å². The summed E-state index contributed by atoms with van der Waals surface area (Å²) in [5.41, 5.74) is 3.83. The Labute approximate surface area is 373 Å². The molecule has 10 rings (SSSR count). The van der Waals surface area contributed by atoms with Crippen molar-refractivity contribution in [1.29, 1.82) is 0 Å². The first kappa shape index (κ1) is 43.6. The number of carbonyl (C=O) groups is 3. The lowest BCUT2D eigenvalue weighted by atomic mass is 9.39. The number of hydrogen-bond donors (Lipinski definition) is 4. The number of carboxylic acids is 1. The third-order valence-electron chi connectivity index (χ3n) is 13.3. The number of nitrogens with zero attached hydrogens (tertiary/aromatic N) is 6. The van der Waals surface area contributed by atoms with Crippen molar-refractivity contribution in [3.05, 3.63) is 90.0 Å². The van der Waals surface area contributed by atoms with E-state index in [9.17, 15) is 37.6 Å². The van der Waals surface area contributed by atoms with E-state index in [0.717, 1.165) is 54.4 Å². The van der Waals surface area contributed by atoms with Crippen LogP contribution in [-0.2, 0) is 26.2 Å². The van der Waals surface area contributed by atoms with Crippen molar-refractivity contribution in [2.45, 2.75) is 71.4 Å². The van der Waals surface area contributed by atoms with Crippen LogP contribution in [0, 0.1) is 23.2 Å². The molecule has 6 aromatic rings. The summed E-state index contributed by atoms with van der Waals surface area (Å²) in [5, 5.41) is 28.9. The number of aromatic nitrogens is 5. The molecule has 4 heterocycles. The summed E-state index contributed by atoms with van der Waals surface area (Å²) in [6, 6.07) is 18.2. The van der Waals surface area contributed by atoms with E-state index in [1.165, 1.54) is 16.2 Å². The molecule has 4 aliphatic carbocycles. The summed E-state index contributed by atoms with van der Waals surface area (Å²) in [4.78, 5) is 53.8. The number of amides is 2. The van der Waals surface area contributed by atoms with Gasteiger partial charge in [-0.05, 0) is 104 Å². The summed E-state index contributed by atoms with van der Waals surface area (Å²) in [6.07, 6.45) is 8.67. The highest BCUT2D eigenvalue weighted by Crippen LogP contribution is 2.72. The molecule has 16 nitrogen and oxygen atoms in total. The van der Waals surface area contributed by atoms with Gasteiger partial charge in [-0.25, -0.2) is 14.8 Å². The minimum absolute atomic E-state index is 0.0189. The Balaban J connectivity index is 0.957. The second-order valence-electron chi connectivity index (χ2n) is 18.8. The molecule has 18 heteroatoms. The number of thiazole rings is 1. The number of benzene rings is 2. The van der Waals surface area contributed by atoms with E-state index in [0.29, 0.717) is 50.5 Å². The number of pyridine rings is 2. The summed E-state index contributed by atoms with van der Waals surface area (Å²) < 4.78 is 41.8. The first-order valence-corrected chi connectivity index (χ1v) is 23.6. The number of carboxylic acid groups (broad SMARTS) is 1. The fraction of sp³-hybridized carbons (Fsp3) is 0.413. The molecule has 2 amide bonds. The third-order valence-corrected chi connectivity index (χ3v) is 15.0. The lowest BCUT2D eigenvalue weighted by Crippen LogP contribution is -2.64. The average Bonchev–Trinajstić information content (AvgIpc) is 3.80. The largest absolute Gasteiger partial charge is 0.476 e. The van der Waals surface area contributed by atoms with Crippen molar-refractivity contribution in [3.63, 3.8) is 0 Å². The second kappa shape index (κ2) is 16.1. The predicted octanol–water partition coefficient (Wildman–Crippen LogP) is 6.87. The molecule has 2 aromatic carbocycles. The summed E-state index contributed by atoms with van der Waals surface area (Å²) >= 11 is 1.38. The monoisotopic (exact) mass is 907 g/mol. The van der Waals surface area contributed by atoms with Crippen LogP contribution >= 0.6 is 11.3 Å². The Hall–Kier alpha value is -5.66. The van der Waals surface area contributed by atoms with Crippen LogP contribution in [0.2, 0.25) is 0 Å². The summed E-state index contributed by atoms with van der Waals surface area (Å²) in [7, 11) is -4.31. The van der Waals surface area contributed by atoms with E-state index >= 15 is 0 Å². The van der Waals surface area contributed by atoms with Crippen LogP contribution in [0.5, 0.6) is 0 Å². The van der Waals surface area contributed by atoms with Crippen molar-refractivity contribution >= 4 is 65.5 Å². The molecular formula is C46H49N7O9S2. The Morgan fingerprint density at radius 1 is 0.922 bits per heavy atom. The van der Waals surface area contributed by atoms with Crippen LogP contribution in [0.25, 0.3) is 43.5 Å². The Morgan fingerprint density at radius 3 is 2.41 bits per heavy atom. The van der Waals surface area contributed by atoms with Gasteiger partial charge in [0.25, 0.3) is 16.0 Å². The molecule has 4 aliphatic rings. The van der Waals surface area contributed by atoms with E-state index in [4.69, 9.17) is 9.84 Å². The molecule has 4 bridgehead atoms. The molecule has 334 valence electrons. The van der Waals surface area contributed by atoms with Crippen molar-refractivity contribution in [2.24, 2.45) is 16.2 Å². The minimum atomic E-state index is -4.31. The zero-order valence-corrected chi connectivity index (χ0v) is 37.3. The standard InChI is InChI=1S/C46H49N7O9S2/c1-28-33(19-48-53(28)27-45-22-43(2)21-44(3,23-45)25-46(24-43,26-45)62-16-14-52(38(55)20-54)15-17-64(59,60)61)30-9-11-34(49-39(30)41(57)58)29-8-10-35-32(18-29)31(12-13-47-35)40(56)51-42-50-36-6-4-5-7-37(36)63-42/h4-13,18-19,54H,14-17,20-27H2,1-3H3,(H,57,58)(H,50,51,56)(H,59,60,61). The van der Waals surface area contributed by atoms with Gasteiger partial charge in [0.1, 0.15) is 6.61 Å². The van der Waals surface area contributed by atoms with Crippen molar-refractivity contribution in [1.82, 2.24) is 29.6 Å². The lowest BCUT2D eigenvalue weighted by molar-refractivity contribution is -0.248. The van der Waals surface area contributed by atoms with E-state index in [2.05, 4.69) is 34.1 Å². The molecule has 4 aromatic heterocycles. The zero-order chi connectivity index (χ0) is 45.2. The lowest BCUT2D eigenvalue weighted by Gasteiger charge is -2.69. The number of aliphatic hydroxyl groups is 1. The topological polar surface area (TPSA) is 227 Å². The molecule has 2 unspecified atom stereocenters. The van der Waals surface area contributed by atoms with Gasteiger partial charge >= 0.3 is 5.97 Å². The van der Waals surface area contributed by atoms with E-state index < -0.39 is 40.0 Å². The summed E-state index contributed by atoms with van der Waals surface area (Å²) in [6.45, 7) is 6.31. The minimum Gasteiger partial charge on any atom is -0.476 e. The number of ether oxygens (including phenoxy) is 1. The average molecular weight is 908 g/mol. The highest BCUT2D eigenvalue weighted by atomic mass is 32.2. The van der Waals surface area contributed by atoms with Crippen LogP contribution in [0.15, 0.2) is 73.1 Å². The van der Waals surface area contributed by atoms with Gasteiger partial charge in [-0.1, -0.05) is 43.4 Å². The number of aliphatic hydroxyl groups excluding tert-OH is 1. The van der Waals surface area contributed by atoms with Gasteiger partial charge in [0, 0.05) is 53.6 Å². The maximum atomic E-state index is 13.6. The van der Waals surface area contributed by atoms with E-state index in [1.807, 2.05) is 35.9 Å². The molecule has 4 saturated carbocycles. The molecular weight excluding hydrogens is 859 g/mol. The first-order chi connectivity index (χ1) is 30.4. The second-order valence-corrected chi connectivity index (χ2v) is 21.4. The fourth-order valence-corrected chi connectivity index (χ4v) is 13.3. The number of hydrogen-bond acceptors (Lipinski definition) is 12. The number of para-hydroxylation sites is 1.